The third-order valence-corrected chi connectivity index (χ3v) is 8.44. The van der Waals surface area contributed by atoms with Crippen LogP contribution in [0, 0.1) is 5.82 Å². The van der Waals surface area contributed by atoms with E-state index in [0.29, 0.717) is 18.4 Å². The number of piperidine rings is 1. The summed E-state index contributed by atoms with van der Waals surface area (Å²) in [5.74, 6) is -2.87. The maximum Gasteiger partial charge on any atom is 0.422 e. The van der Waals surface area contributed by atoms with Gasteiger partial charge in [-0.15, -0.1) is 0 Å². The molecular formula is C36H35F5N6O4. The molecule has 1 amide bonds. The Morgan fingerprint density at radius 3 is 2.41 bits per heavy atom. The first-order chi connectivity index (χ1) is 24.2. The number of carbonyl (C=O) groups excluding carboxylic acids is 1. The number of anilines is 1. The van der Waals surface area contributed by atoms with E-state index in [1.807, 2.05) is 0 Å². The Bertz CT molecular complexity index is 1910. The summed E-state index contributed by atoms with van der Waals surface area (Å²) in [7, 11) is 0. The quantitative estimate of drug-likeness (QED) is 0.185. The molecule has 2 aliphatic rings. The van der Waals surface area contributed by atoms with Crippen LogP contribution in [0.2, 0.25) is 0 Å². The highest BCUT2D eigenvalue weighted by Gasteiger charge is 2.45. The molecule has 0 unspecified atom stereocenters. The lowest BCUT2D eigenvalue weighted by molar-refractivity contribution is -0.138. The van der Waals surface area contributed by atoms with Gasteiger partial charge in [-0.3, -0.25) is 4.98 Å². The molecule has 51 heavy (non-hydrogen) atoms. The summed E-state index contributed by atoms with van der Waals surface area (Å²) in [4.78, 5) is 24.1. The van der Waals surface area contributed by atoms with Gasteiger partial charge >= 0.3 is 12.3 Å². The predicted octanol–water partition coefficient (Wildman–Crippen LogP) is 7.96. The summed E-state index contributed by atoms with van der Waals surface area (Å²) >= 11 is 0. The molecule has 2 aliphatic heterocycles. The van der Waals surface area contributed by atoms with Crippen molar-refractivity contribution in [2.75, 3.05) is 37.7 Å². The molecule has 2 aromatic carbocycles. The first kappa shape index (κ1) is 35.6. The van der Waals surface area contributed by atoms with Gasteiger partial charge in [-0.25, -0.2) is 18.6 Å². The summed E-state index contributed by atoms with van der Waals surface area (Å²) in [6.07, 6.45) is 1.51. The van der Waals surface area contributed by atoms with Gasteiger partial charge in [-0.1, -0.05) is 12.1 Å². The zero-order valence-electron chi connectivity index (χ0n) is 28.1. The van der Waals surface area contributed by atoms with Crippen molar-refractivity contribution in [1.29, 1.82) is 0 Å². The van der Waals surface area contributed by atoms with Crippen molar-refractivity contribution < 1.29 is 41.0 Å². The van der Waals surface area contributed by atoms with Crippen molar-refractivity contribution in [3.63, 3.8) is 0 Å². The van der Waals surface area contributed by atoms with Gasteiger partial charge in [-0.05, 0) is 70.0 Å². The number of ether oxygens (including phenoxy) is 3. The van der Waals surface area contributed by atoms with Gasteiger partial charge in [0.15, 0.2) is 17.4 Å². The molecule has 6 rings (SSSR count). The number of hydrogen-bond acceptors (Lipinski definition) is 9. The predicted molar refractivity (Wildman–Crippen MR) is 178 cm³/mol. The van der Waals surface area contributed by atoms with Gasteiger partial charge in [0.2, 0.25) is 0 Å². The molecule has 4 aromatic rings. The number of nitrogens with zero attached hydrogens (tertiary/aromatic N) is 6. The number of amides is 1. The lowest BCUT2D eigenvalue weighted by atomic mass is 9.88. The molecular weight excluding hydrogens is 675 g/mol. The highest BCUT2D eigenvalue weighted by molar-refractivity contribution is 5.84. The van der Waals surface area contributed by atoms with E-state index in [2.05, 4.69) is 20.2 Å². The van der Waals surface area contributed by atoms with Gasteiger partial charge in [-0.2, -0.15) is 23.4 Å². The fraction of sp³-hybridized carbons (Fsp3) is 0.361. The number of para-hydroxylation sites is 1. The second-order valence-electron chi connectivity index (χ2n) is 13.2. The van der Waals surface area contributed by atoms with Crippen LogP contribution in [0.25, 0.3) is 23.2 Å². The Morgan fingerprint density at radius 2 is 1.73 bits per heavy atom. The Labute approximate surface area is 290 Å². The Hall–Kier alpha value is -5.18. The smallest absolute Gasteiger partial charge is 0.422 e. The van der Waals surface area contributed by atoms with E-state index in [4.69, 9.17) is 14.2 Å². The fourth-order valence-corrected chi connectivity index (χ4v) is 6.09. The molecule has 0 N–H and O–H groups in total. The number of halogens is 5. The maximum atomic E-state index is 16.1. The lowest BCUT2D eigenvalue weighted by Gasteiger charge is -2.48. The van der Waals surface area contributed by atoms with Gasteiger partial charge in [0.1, 0.15) is 22.6 Å². The summed E-state index contributed by atoms with van der Waals surface area (Å²) in [6, 6.07) is 9.05. The Morgan fingerprint density at radius 1 is 0.961 bits per heavy atom. The SMILES string of the molecule is CC(C)(C)OC(=O)N1CCC2(CC1)CN(c1c(/C=C(\F)c3cncc(-c4ccnnc4)n3)ccc(Oc3ccccc3F)c1C(F)(F)F)CCO2. The maximum absolute atomic E-state index is 16.1. The van der Waals surface area contributed by atoms with E-state index in [9.17, 15) is 9.18 Å². The number of carbonyl (C=O) groups is 1. The van der Waals surface area contributed by atoms with Crippen LogP contribution in [0.4, 0.5) is 32.4 Å². The van der Waals surface area contributed by atoms with E-state index >= 15 is 17.6 Å². The first-order valence-corrected chi connectivity index (χ1v) is 16.2. The number of morpholine rings is 1. The Balaban J connectivity index is 1.40. The van der Waals surface area contributed by atoms with E-state index in [1.165, 1.54) is 47.8 Å². The van der Waals surface area contributed by atoms with E-state index in [-0.39, 0.29) is 55.4 Å². The molecule has 0 radical (unpaired) electrons. The summed E-state index contributed by atoms with van der Waals surface area (Å²) in [5.41, 5.74) is -2.74. The van der Waals surface area contributed by atoms with Crippen LogP contribution in [-0.2, 0) is 15.7 Å². The zero-order valence-corrected chi connectivity index (χ0v) is 28.1. The molecule has 0 atom stereocenters. The number of hydrogen-bond donors (Lipinski definition) is 0. The first-order valence-electron chi connectivity index (χ1n) is 16.2. The molecule has 15 heteroatoms. The van der Waals surface area contributed by atoms with Gasteiger partial charge in [0.25, 0.3) is 0 Å². The number of aromatic nitrogens is 4. The minimum absolute atomic E-state index is 0.00577. The second kappa shape index (κ2) is 14.2. The van der Waals surface area contributed by atoms with Crippen molar-refractivity contribution in [2.45, 2.75) is 51.0 Å². The van der Waals surface area contributed by atoms with Crippen LogP contribution < -0.4 is 9.64 Å². The topological polar surface area (TPSA) is 103 Å². The average molecular weight is 711 g/mol. The molecule has 1 spiro atoms. The highest BCUT2D eigenvalue weighted by Crippen LogP contribution is 2.48. The van der Waals surface area contributed by atoms with Crippen LogP contribution in [0.3, 0.4) is 0 Å². The van der Waals surface area contributed by atoms with Crippen LogP contribution >= 0.6 is 0 Å². The van der Waals surface area contributed by atoms with Gasteiger partial charge in [0, 0.05) is 37.3 Å². The average Bonchev–Trinajstić information content (AvgIpc) is 3.09. The lowest BCUT2D eigenvalue weighted by Crippen LogP contribution is -2.58. The van der Waals surface area contributed by atoms with Crippen molar-refractivity contribution in [2.24, 2.45) is 0 Å². The summed E-state index contributed by atoms with van der Waals surface area (Å²) in [6.45, 7) is 5.88. The van der Waals surface area contributed by atoms with Crippen LogP contribution in [0.1, 0.15) is 50.4 Å². The van der Waals surface area contributed by atoms with Crippen molar-refractivity contribution >= 4 is 23.7 Å². The molecule has 0 bridgehead atoms. The van der Waals surface area contributed by atoms with E-state index in [1.54, 1.807) is 31.7 Å². The third kappa shape index (κ3) is 8.25. The number of rotatable bonds is 6. The van der Waals surface area contributed by atoms with Gasteiger partial charge in [0.05, 0.1) is 48.4 Å². The Kier molecular flexibility index (Phi) is 9.93. The molecule has 2 fully saturated rings. The molecule has 10 nitrogen and oxygen atoms in total. The number of benzene rings is 2. The van der Waals surface area contributed by atoms with Crippen LogP contribution in [0.5, 0.6) is 11.5 Å². The largest absolute Gasteiger partial charge is 0.454 e. The van der Waals surface area contributed by atoms with Crippen molar-refractivity contribution in [3.8, 4) is 22.8 Å². The minimum Gasteiger partial charge on any atom is -0.454 e. The molecule has 2 saturated heterocycles. The number of alkyl halides is 3. The standard InChI is InChI=1S/C36H35F5N6O4/c1-34(2,3)51-33(48)46-14-11-35(12-15-46)22-47(16-17-49-35)32-23(18-26(38)28-21-42-20-27(45-28)24-10-13-43-44-19-24)8-9-30(31(32)36(39,40)41)50-29-7-5-4-6-25(29)37/h4-10,13,18-21H,11-12,14-17,22H2,1-3H3/b26-18-. The molecule has 268 valence electrons. The molecule has 0 aliphatic carbocycles. The zero-order chi connectivity index (χ0) is 36.4. The highest BCUT2D eigenvalue weighted by atomic mass is 19.4. The summed E-state index contributed by atoms with van der Waals surface area (Å²) in [5, 5.41) is 7.51. The van der Waals surface area contributed by atoms with E-state index < -0.39 is 52.2 Å². The molecule has 0 saturated carbocycles. The molecule has 4 heterocycles. The second-order valence-corrected chi connectivity index (χ2v) is 13.2. The van der Waals surface area contributed by atoms with E-state index in [0.717, 1.165) is 24.4 Å². The normalized spacial score (nSPS) is 16.7. The summed E-state index contributed by atoms with van der Waals surface area (Å²) < 4.78 is 93.6. The van der Waals surface area contributed by atoms with Gasteiger partial charge < -0.3 is 24.0 Å². The van der Waals surface area contributed by atoms with Crippen molar-refractivity contribution in [3.05, 3.63) is 89.9 Å². The fourth-order valence-electron chi connectivity index (χ4n) is 6.09. The van der Waals surface area contributed by atoms with Crippen LogP contribution in [-0.4, -0.2) is 75.1 Å². The third-order valence-electron chi connectivity index (χ3n) is 8.44. The number of likely N-dealkylation sites (tertiary alicyclic amines) is 1. The van der Waals surface area contributed by atoms with Crippen molar-refractivity contribution in [1.82, 2.24) is 25.1 Å². The minimum atomic E-state index is -5.02. The monoisotopic (exact) mass is 710 g/mol. The van der Waals surface area contributed by atoms with Crippen LogP contribution in [0.15, 0.2) is 67.3 Å². The molecule has 2 aromatic heterocycles.